The first-order chi connectivity index (χ1) is 8.33. The van der Waals surface area contributed by atoms with E-state index in [1.807, 2.05) is 0 Å². The number of carbonyl (C=O) groups excluding carboxylic acids is 2. The molecule has 0 spiro atoms. The Kier molecular flexibility index (Phi) is 5.53. The van der Waals surface area contributed by atoms with Crippen molar-refractivity contribution in [2.75, 3.05) is 0 Å². The number of ketones is 1. The third-order valence-electron chi connectivity index (χ3n) is 2.22. The minimum absolute atomic E-state index is 0.240. The standard InChI is InChI=1S/C13H23NO5/c1-12(2,3)9(15)7-8(10(16)17)14-11(18)19-13(4,5)6/h8H,7H2,1-6H3,(H,14,18)(H,16,17). The Morgan fingerprint density at radius 2 is 1.58 bits per heavy atom. The molecule has 6 nitrogen and oxygen atoms in total. The lowest BCUT2D eigenvalue weighted by Gasteiger charge is -2.23. The predicted octanol–water partition coefficient (Wildman–Crippen LogP) is 1.97. The number of amides is 1. The Balaban J connectivity index is 4.65. The Morgan fingerprint density at radius 1 is 1.11 bits per heavy atom. The number of Topliss-reactive ketones (excluding diaryl/α,β-unsaturated/α-hetero) is 1. The quantitative estimate of drug-likeness (QED) is 0.816. The van der Waals surface area contributed by atoms with Crippen LogP contribution in [0.1, 0.15) is 48.0 Å². The SMILES string of the molecule is CC(C)(C)OC(=O)NC(CC(=O)C(C)(C)C)C(=O)O. The van der Waals surface area contributed by atoms with Gasteiger partial charge in [0.05, 0.1) is 0 Å². The van der Waals surface area contributed by atoms with Gasteiger partial charge in [0.2, 0.25) is 0 Å². The zero-order valence-corrected chi connectivity index (χ0v) is 12.4. The molecule has 0 heterocycles. The summed E-state index contributed by atoms with van der Waals surface area (Å²) in [6, 6.07) is -1.28. The molecule has 0 rings (SSSR count). The van der Waals surface area contributed by atoms with Crippen molar-refractivity contribution in [2.45, 2.75) is 59.6 Å². The molecule has 0 bridgehead atoms. The van der Waals surface area contributed by atoms with Crippen LogP contribution in [0.3, 0.4) is 0 Å². The number of carboxylic acid groups (broad SMARTS) is 1. The van der Waals surface area contributed by atoms with Crippen LogP contribution < -0.4 is 5.32 Å². The van der Waals surface area contributed by atoms with Crippen LogP contribution in [0.25, 0.3) is 0 Å². The van der Waals surface area contributed by atoms with Crippen molar-refractivity contribution in [2.24, 2.45) is 5.41 Å². The molecule has 0 aromatic heterocycles. The first-order valence-corrected chi connectivity index (χ1v) is 6.08. The van der Waals surface area contributed by atoms with Crippen LogP contribution >= 0.6 is 0 Å². The smallest absolute Gasteiger partial charge is 0.408 e. The van der Waals surface area contributed by atoms with E-state index in [9.17, 15) is 14.4 Å². The first kappa shape index (κ1) is 17.4. The van der Waals surface area contributed by atoms with Gasteiger partial charge in [-0.3, -0.25) is 4.79 Å². The molecular formula is C13H23NO5. The Morgan fingerprint density at radius 3 is 1.89 bits per heavy atom. The van der Waals surface area contributed by atoms with Crippen molar-refractivity contribution in [1.29, 1.82) is 0 Å². The summed E-state index contributed by atoms with van der Waals surface area (Å²) in [4.78, 5) is 34.3. The van der Waals surface area contributed by atoms with Crippen molar-refractivity contribution in [3.8, 4) is 0 Å². The van der Waals surface area contributed by atoms with E-state index in [1.165, 1.54) is 0 Å². The van der Waals surface area contributed by atoms with E-state index in [0.717, 1.165) is 0 Å². The van der Waals surface area contributed by atoms with Gasteiger partial charge in [-0.05, 0) is 20.8 Å². The summed E-state index contributed by atoms with van der Waals surface area (Å²) in [6.45, 7) is 10.1. The number of carboxylic acids is 1. The maximum Gasteiger partial charge on any atom is 0.408 e. The van der Waals surface area contributed by atoms with Gasteiger partial charge >= 0.3 is 12.1 Å². The fourth-order valence-corrected chi connectivity index (χ4v) is 1.14. The molecule has 6 heteroatoms. The van der Waals surface area contributed by atoms with Crippen LogP contribution in [-0.2, 0) is 14.3 Å². The van der Waals surface area contributed by atoms with Gasteiger partial charge in [0.15, 0.2) is 0 Å². The molecule has 1 atom stereocenters. The molecule has 0 aliphatic carbocycles. The Bertz CT molecular complexity index is 362. The Labute approximate surface area is 113 Å². The molecule has 2 N–H and O–H groups in total. The van der Waals surface area contributed by atoms with Crippen LogP contribution in [0.15, 0.2) is 0 Å². The Hall–Kier alpha value is -1.59. The summed E-state index contributed by atoms with van der Waals surface area (Å²) in [5.41, 5.74) is -1.37. The van der Waals surface area contributed by atoms with Crippen molar-refractivity contribution in [3.05, 3.63) is 0 Å². The van der Waals surface area contributed by atoms with E-state index < -0.39 is 29.1 Å². The second-order valence-electron chi connectivity index (χ2n) is 6.41. The van der Waals surface area contributed by atoms with Crippen molar-refractivity contribution < 1.29 is 24.2 Å². The van der Waals surface area contributed by atoms with E-state index >= 15 is 0 Å². The highest BCUT2D eigenvalue weighted by Gasteiger charge is 2.30. The summed E-state index contributed by atoms with van der Waals surface area (Å²) < 4.78 is 4.96. The van der Waals surface area contributed by atoms with Gasteiger partial charge in [0.25, 0.3) is 0 Å². The van der Waals surface area contributed by atoms with Crippen LogP contribution in [0, 0.1) is 5.41 Å². The third-order valence-corrected chi connectivity index (χ3v) is 2.22. The second-order valence-corrected chi connectivity index (χ2v) is 6.41. The topological polar surface area (TPSA) is 92.7 Å². The highest BCUT2D eigenvalue weighted by atomic mass is 16.6. The van der Waals surface area contributed by atoms with E-state index in [-0.39, 0.29) is 12.2 Å². The van der Waals surface area contributed by atoms with Gasteiger partial charge < -0.3 is 15.2 Å². The number of aliphatic carboxylic acids is 1. The fourth-order valence-electron chi connectivity index (χ4n) is 1.14. The van der Waals surface area contributed by atoms with Crippen molar-refractivity contribution in [1.82, 2.24) is 5.32 Å². The fraction of sp³-hybridized carbons (Fsp3) is 0.769. The predicted molar refractivity (Wildman–Crippen MR) is 69.9 cm³/mol. The number of hydrogen-bond donors (Lipinski definition) is 2. The highest BCUT2D eigenvalue weighted by Crippen LogP contribution is 2.18. The molecular weight excluding hydrogens is 250 g/mol. The van der Waals surface area contributed by atoms with Gasteiger partial charge in [-0.15, -0.1) is 0 Å². The van der Waals surface area contributed by atoms with Gasteiger partial charge in [-0.25, -0.2) is 9.59 Å². The second kappa shape index (κ2) is 6.04. The zero-order chi connectivity index (χ0) is 15.4. The first-order valence-electron chi connectivity index (χ1n) is 6.08. The highest BCUT2D eigenvalue weighted by molar-refractivity contribution is 5.90. The summed E-state index contributed by atoms with van der Waals surface area (Å²) in [5, 5.41) is 11.2. The number of nitrogens with one attached hydrogen (secondary N) is 1. The van der Waals surface area contributed by atoms with Crippen LogP contribution in [-0.4, -0.2) is 34.6 Å². The molecule has 110 valence electrons. The van der Waals surface area contributed by atoms with Crippen LogP contribution in [0.4, 0.5) is 4.79 Å². The molecule has 0 aromatic rings. The lowest BCUT2D eigenvalue weighted by atomic mass is 9.87. The number of alkyl carbamates (subject to hydrolysis) is 1. The molecule has 19 heavy (non-hydrogen) atoms. The van der Waals surface area contributed by atoms with Gasteiger partial charge in [-0.2, -0.15) is 0 Å². The maximum absolute atomic E-state index is 11.8. The summed E-state index contributed by atoms with van der Waals surface area (Å²) >= 11 is 0. The van der Waals surface area contributed by atoms with Crippen LogP contribution in [0.2, 0.25) is 0 Å². The third kappa shape index (κ3) is 7.43. The summed E-state index contributed by atoms with van der Waals surface area (Å²) in [6.07, 6.45) is -1.11. The normalized spacial score (nSPS) is 13.6. The summed E-state index contributed by atoms with van der Waals surface area (Å²) in [7, 11) is 0. The largest absolute Gasteiger partial charge is 0.480 e. The number of carbonyl (C=O) groups is 3. The molecule has 0 radical (unpaired) electrons. The number of hydrogen-bond acceptors (Lipinski definition) is 4. The maximum atomic E-state index is 11.8. The number of rotatable bonds is 4. The summed E-state index contributed by atoms with van der Waals surface area (Å²) in [5.74, 6) is -1.50. The molecule has 1 unspecified atom stereocenters. The molecule has 0 aliphatic heterocycles. The average Bonchev–Trinajstić information content (AvgIpc) is 2.11. The van der Waals surface area contributed by atoms with Gasteiger partial charge in [0.1, 0.15) is 17.4 Å². The minimum atomic E-state index is -1.28. The monoisotopic (exact) mass is 273 g/mol. The van der Waals surface area contributed by atoms with Gasteiger partial charge in [-0.1, -0.05) is 20.8 Å². The van der Waals surface area contributed by atoms with Crippen molar-refractivity contribution >= 4 is 17.8 Å². The van der Waals surface area contributed by atoms with E-state index in [4.69, 9.17) is 9.84 Å². The minimum Gasteiger partial charge on any atom is -0.480 e. The molecule has 1 amide bonds. The molecule has 0 saturated heterocycles. The molecule has 0 aromatic carbocycles. The molecule has 0 fully saturated rings. The zero-order valence-electron chi connectivity index (χ0n) is 12.4. The lowest BCUT2D eigenvalue weighted by Crippen LogP contribution is -2.45. The molecule has 0 aliphatic rings. The van der Waals surface area contributed by atoms with E-state index in [2.05, 4.69) is 5.32 Å². The lowest BCUT2D eigenvalue weighted by molar-refractivity contribution is -0.142. The van der Waals surface area contributed by atoms with Gasteiger partial charge in [0, 0.05) is 11.8 Å². The number of ether oxygens (including phenoxy) is 1. The van der Waals surface area contributed by atoms with E-state index in [0.29, 0.717) is 0 Å². The molecule has 0 saturated carbocycles. The van der Waals surface area contributed by atoms with Crippen molar-refractivity contribution in [3.63, 3.8) is 0 Å². The van der Waals surface area contributed by atoms with E-state index in [1.54, 1.807) is 41.5 Å². The average molecular weight is 273 g/mol. The van der Waals surface area contributed by atoms with Crippen LogP contribution in [0.5, 0.6) is 0 Å².